The molecule has 0 radical (unpaired) electrons. The predicted octanol–water partition coefficient (Wildman–Crippen LogP) is 4.88. The summed E-state index contributed by atoms with van der Waals surface area (Å²) in [7, 11) is 0. The van der Waals surface area contributed by atoms with Gasteiger partial charge in [-0.25, -0.2) is 0 Å². The first-order valence-electron chi connectivity index (χ1n) is 10.2. The molecule has 6 nitrogen and oxygen atoms in total. The van der Waals surface area contributed by atoms with Crippen LogP contribution in [0.5, 0.6) is 0 Å². The Hall–Kier alpha value is -2.99. The Morgan fingerprint density at radius 1 is 1.03 bits per heavy atom. The van der Waals surface area contributed by atoms with Gasteiger partial charge in [-0.15, -0.1) is 10.2 Å². The summed E-state index contributed by atoms with van der Waals surface area (Å²) in [5.74, 6) is 0.901. The van der Waals surface area contributed by atoms with Crippen LogP contribution in [0.15, 0.2) is 59.0 Å². The van der Waals surface area contributed by atoms with Gasteiger partial charge in [-0.05, 0) is 49.1 Å². The van der Waals surface area contributed by atoms with Crippen LogP contribution in [-0.4, -0.2) is 33.6 Å². The first-order chi connectivity index (χ1) is 14.2. The van der Waals surface area contributed by atoms with Crippen molar-refractivity contribution in [3.63, 3.8) is 0 Å². The van der Waals surface area contributed by atoms with Crippen molar-refractivity contribution in [3.8, 4) is 11.5 Å². The van der Waals surface area contributed by atoms with E-state index in [4.69, 9.17) is 4.42 Å². The summed E-state index contributed by atoms with van der Waals surface area (Å²) >= 11 is 0. The molecule has 0 aliphatic heterocycles. The molecular weight excluding hydrogens is 376 g/mol. The van der Waals surface area contributed by atoms with Crippen LogP contribution in [0.1, 0.15) is 46.1 Å². The van der Waals surface area contributed by atoms with E-state index in [0.717, 1.165) is 11.3 Å². The third kappa shape index (κ3) is 5.76. The normalized spacial score (nSPS) is 11.8. The molecule has 6 heteroatoms. The third-order valence-electron chi connectivity index (χ3n) is 4.94. The summed E-state index contributed by atoms with van der Waals surface area (Å²) in [4.78, 5) is 14.6. The van der Waals surface area contributed by atoms with Crippen molar-refractivity contribution in [1.82, 2.24) is 15.1 Å². The van der Waals surface area contributed by atoms with E-state index in [1.165, 1.54) is 5.56 Å². The van der Waals surface area contributed by atoms with Gasteiger partial charge in [0.2, 0.25) is 17.7 Å². The quantitative estimate of drug-likeness (QED) is 0.605. The molecule has 1 N–H and O–H groups in total. The van der Waals surface area contributed by atoms with Crippen LogP contribution in [0.3, 0.4) is 0 Å². The lowest BCUT2D eigenvalue weighted by Crippen LogP contribution is -2.37. The van der Waals surface area contributed by atoms with Crippen molar-refractivity contribution in [2.45, 2.75) is 52.6 Å². The molecule has 0 atom stereocenters. The molecule has 3 rings (SSSR count). The number of anilines is 1. The highest BCUT2D eigenvalue weighted by molar-refractivity contribution is 5.92. The second-order valence-corrected chi connectivity index (χ2v) is 8.74. The number of benzene rings is 2. The van der Waals surface area contributed by atoms with Gasteiger partial charge in [0.15, 0.2) is 0 Å². The number of nitrogens with zero attached hydrogens (tertiary/aromatic N) is 3. The lowest BCUT2D eigenvalue weighted by Gasteiger charge is -2.24. The van der Waals surface area contributed by atoms with Crippen LogP contribution in [0.25, 0.3) is 11.5 Å². The molecule has 1 amide bonds. The molecule has 158 valence electrons. The van der Waals surface area contributed by atoms with E-state index in [1.807, 2.05) is 61.2 Å². The van der Waals surface area contributed by atoms with Gasteiger partial charge in [0.25, 0.3) is 0 Å². The fraction of sp³-hybridized carbons (Fsp3) is 0.375. The summed E-state index contributed by atoms with van der Waals surface area (Å²) in [5, 5.41) is 11.3. The molecule has 0 fully saturated rings. The lowest BCUT2D eigenvalue weighted by atomic mass is 9.87. The van der Waals surface area contributed by atoms with Crippen LogP contribution >= 0.6 is 0 Å². The molecule has 0 unspecified atom stereocenters. The molecule has 0 aliphatic carbocycles. The number of aromatic nitrogens is 2. The Morgan fingerprint density at radius 3 is 2.30 bits per heavy atom. The highest BCUT2D eigenvalue weighted by Crippen LogP contribution is 2.23. The standard InChI is InChI=1S/C24H30N4O2/c1-17(2)28(16-22-26-27-23(30-22)18-9-7-6-8-10-18)15-21(29)25-20-13-11-19(12-14-20)24(3,4)5/h6-14,17H,15-16H2,1-5H3,(H,25,29). The summed E-state index contributed by atoms with van der Waals surface area (Å²) < 4.78 is 5.80. The van der Waals surface area contributed by atoms with Gasteiger partial charge in [-0.3, -0.25) is 9.69 Å². The van der Waals surface area contributed by atoms with Gasteiger partial charge < -0.3 is 9.73 Å². The zero-order valence-electron chi connectivity index (χ0n) is 18.3. The summed E-state index contributed by atoms with van der Waals surface area (Å²) in [6.45, 7) is 11.2. The fourth-order valence-corrected chi connectivity index (χ4v) is 3.05. The molecule has 1 heterocycles. The zero-order chi connectivity index (χ0) is 21.7. The fourth-order valence-electron chi connectivity index (χ4n) is 3.05. The maximum atomic E-state index is 12.6. The Balaban J connectivity index is 1.61. The van der Waals surface area contributed by atoms with E-state index in [9.17, 15) is 4.79 Å². The number of hydrogen-bond acceptors (Lipinski definition) is 5. The van der Waals surface area contributed by atoms with E-state index in [2.05, 4.69) is 48.4 Å². The molecule has 0 bridgehead atoms. The Morgan fingerprint density at radius 2 is 1.70 bits per heavy atom. The van der Waals surface area contributed by atoms with Crippen molar-refractivity contribution in [1.29, 1.82) is 0 Å². The minimum atomic E-state index is -0.0741. The molecule has 3 aromatic rings. The van der Waals surface area contributed by atoms with Crippen LogP contribution in [0.2, 0.25) is 0 Å². The van der Waals surface area contributed by atoms with Gasteiger partial charge in [0.05, 0.1) is 13.1 Å². The van der Waals surface area contributed by atoms with E-state index in [0.29, 0.717) is 18.3 Å². The molecule has 1 aromatic heterocycles. The van der Waals surface area contributed by atoms with Crippen molar-refractivity contribution < 1.29 is 9.21 Å². The van der Waals surface area contributed by atoms with Gasteiger partial charge in [-0.2, -0.15) is 0 Å². The molecule has 0 saturated carbocycles. The smallest absolute Gasteiger partial charge is 0.247 e. The summed E-state index contributed by atoms with van der Waals surface area (Å²) in [5.41, 5.74) is 2.99. The highest BCUT2D eigenvalue weighted by atomic mass is 16.4. The SMILES string of the molecule is CC(C)N(CC(=O)Nc1ccc(C(C)(C)C)cc1)Cc1nnc(-c2ccccc2)o1. The minimum Gasteiger partial charge on any atom is -0.419 e. The average Bonchev–Trinajstić information content (AvgIpc) is 3.16. The third-order valence-corrected chi connectivity index (χ3v) is 4.94. The van der Waals surface area contributed by atoms with Crippen LogP contribution in [-0.2, 0) is 16.8 Å². The van der Waals surface area contributed by atoms with Crippen molar-refractivity contribution in [2.75, 3.05) is 11.9 Å². The Labute approximate surface area is 178 Å². The Kier molecular flexibility index (Phi) is 6.67. The summed E-state index contributed by atoms with van der Waals surface area (Å²) in [6, 6.07) is 17.8. The summed E-state index contributed by atoms with van der Waals surface area (Å²) in [6.07, 6.45) is 0. The number of hydrogen-bond donors (Lipinski definition) is 1. The first kappa shape index (κ1) is 21.7. The monoisotopic (exact) mass is 406 g/mol. The van der Waals surface area contributed by atoms with E-state index >= 15 is 0 Å². The van der Waals surface area contributed by atoms with Gasteiger partial charge in [-0.1, -0.05) is 51.1 Å². The second-order valence-electron chi connectivity index (χ2n) is 8.74. The largest absolute Gasteiger partial charge is 0.419 e. The Bertz CT molecular complexity index is 957. The topological polar surface area (TPSA) is 71.3 Å². The van der Waals surface area contributed by atoms with Crippen LogP contribution in [0.4, 0.5) is 5.69 Å². The molecular formula is C24H30N4O2. The minimum absolute atomic E-state index is 0.0741. The highest BCUT2D eigenvalue weighted by Gasteiger charge is 2.19. The number of carbonyl (C=O) groups is 1. The zero-order valence-corrected chi connectivity index (χ0v) is 18.3. The van der Waals surface area contributed by atoms with Crippen molar-refractivity contribution in [3.05, 3.63) is 66.1 Å². The predicted molar refractivity (Wildman–Crippen MR) is 119 cm³/mol. The van der Waals surface area contributed by atoms with E-state index < -0.39 is 0 Å². The number of rotatable bonds is 7. The number of carbonyl (C=O) groups excluding carboxylic acids is 1. The van der Waals surface area contributed by atoms with E-state index in [1.54, 1.807) is 0 Å². The van der Waals surface area contributed by atoms with Crippen molar-refractivity contribution >= 4 is 11.6 Å². The van der Waals surface area contributed by atoms with Crippen LogP contribution < -0.4 is 5.32 Å². The maximum absolute atomic E-state index is 12.6. The van der Waals surface area contributed by atoms with Gasteiger partial charge in [0.1, 0.15) is 0 Å². The van der Waals surface area contributed by atoms with Crippen LogP contribution in [0, 0.1) is 0 Å². The average molecular weight is 407 g/mol. The second kappa shape index (κ2) is 9.22. The molecule has 30 heavy (non-hydrogen) atoms. The number of amides is 1. The molecule has 2 aromatic carbocycles. The lowest BCUT2D eigenvalue weighted by molar-refractivity contribution is -0.117. The first-order valence-corrected chi connectivity index (χ1v) is 10.2. The van der Waals surface area contributed by atoms with E-state index in [-0.39, 0.29) is 23.9 Å². The van der Waals surface area contributed by atoms with Gasteiger partial charge >= 0.3 is 0 Å². The number of nitrogens with one attached hydrogen (secondary N) is 1. The molecule has 0 spiro atoms. The maximum Gasteiger partial charge on any atom is 0.247 e. The van der Waals surface area contributed by atoms with Crippen molar-refractivity contribution in [2.24, 2.45) is 0 Å². The molecule has 0 saturated heterocycles. The molecule has 0 aliphatic rings. The van der Waals surface area contributed by atoms with Gasteiger partial charge in [0, 0.05) is 17.3 Å².